The summed E-state index contributed by atoms with van der Waals surface area (Å²) in [6.07, 6.45) is -0.152. The van der Waals surface area contributed by atoms with E-state index >= 15 is 0 Å². The second kappa shape index (κ2) is 8.60. The van der Waals surface area contributed by atoms with E-state index in [0.29, 0.717) is 6.42 Å². The summed E-state index contributed by atoms with van der Waals surface area (Å²) >= 11 is 0. The molecule has 0 aromatic rings. The predicted molar refractivity (Wildman–Crippen MR) is 84.3 cm³/mol. The molecule has 0 aliphatic carbocycles. The minimum absolute atomic E-state index is 0.247. The first kappa shape index (κ1) is 20.2. The molecule has 7 nitrogen and oxygen atoms in total. The molecule has 128 valence electrons. The third-order valence-electron chi connectivity index (χ3n) is 2.71. The van der Waals surface area contributed by atoms with Crippen molar-refractivity contribution >= 4 is 17.9 Å². The van der Waals surface area contributed by atoms with E-state index in [-0.39, 0.29) is 11.8 Å². The molecular formula is C15H29N3O4. The molecule has 0 aromatic carbocycles. The van der Waals surface area contributed by atoms with Crippen molar-refractivity contribution in [2.75, 3.05) is 7.05 Å². The molecule has 0 heterocycles. The number of hydrogen-bond donors (Lipinski definition) is 3. The van der Waals surface area contributed by atoms with Gasteiger partial charge in [0.05, 0.1) is 0 Å². The molecule has 0 aromatic heterocycles. The lowest BCUT2D eigenvalue weighted by Crippen LogP contribution is -2.53. The lowest BCUT2D eigenvalue weighted by Gasteiger charge is -2.24. The number of hydrogen-bond acceptors (Lipinski definition) is 4. The monoisotopic (exact) mass is 315 g/mol. The fourth-order valence-corrected chi connectivity index (χ4v) is 1.72. The summed E-state index contributed by atoms with van der Waals surface area (Å²) in [5.41, 5.74) is -0.636. The van der Waals surface area contributed by atoms with Crippen LogP contribution in [0.3, 0.4) is 0 Å². The Kier molecular flexibility index (Phi) is 7.90. The fourth-order valence-electron chi connectivity index (χ4n) is 1.72. The van der Waals surface area contributed by atoms with Gasteiger partial charge in [0.25, 0.3) is 0 Å². The van der Waals surface area contributed by atoms with Crippen LogP contribution in [0.25, 0.3) is 0 Å². The lowest BCUT2D eigenvalue weighted by molar-refractivity contribution is -0.129. The van der Waals surface area contributed by atoms with Crippen molar-refractivity contribution in [3.63, 3.8) is 0 Å². The van der Waals surface area contributed by atoms with Crippen LogP contribution >= 0.6 is 0 Å². The van der Waals surface area contributed by atoms with Gasteiger partial charge in [-0.3, -0.25) is 9.59 Å². The molecule has 3 N–H and O–H groups in total. The zero-order chi connectivity index (χ0) is 17.5. The van der Waals surface area contributed by atoms with Crippen molar-refractivity contribution in [3.05, 3.63) is 0 Å². The Hall–Kier alpha value is -1.79. The molecule has 0 fully saturated rings. The smallest absolute Gasteiger partial charge is 0.408 e. The summed E-state index contributed by atoms with van der Waals surface area (Å²) in [6.45, 7) is 10.7. The van der Waals surface area contributed by atoms with Crippen molar-refractivity contribution in [1.82, 2.24) is 16.0 Å². The zero-order valence-electron chi connectivity index (χ0n) is 14.6. The van der Waals surface area contributed by atoms with Gasteiger partial charge in [-0.15, -0.1) is 0 Å². The third kappa shape index (κ3) is 8.49. The molecule has 7 heteroatoms. The third-order valence-corrected chi connectivity index (χ3v) is 2.71. The molecule has 0 aliphatic heterocycles. The highest BCUT2D eigenvalue weighted by atomic mass is 16.6. The summed E-state index contributed by atoms with van der Waals surface area (Å²) < 4.78 is 5.09. The first-order valence-corrected chi connectivity index (χ1v) is 7.47. The molecule has 0 rings (SSSR count). The fraction of sp³-hybridized carbons (Fsp3) is 0.800. The molecule has 0 bridgehead atoms. The number of rotatable bonds is 6. The minimum atomic E-state index is -0.797. The van der Waals surface area contributed by atoms with Gasteiger partial charge in [-0.05, 0) is 40.0 Å². The largest absolute Gasteiger partial charge is 0.444 e. The van der Waals surface area contributed by atoms with Crippen LogP contribution in [-0.2, 0) is 14.3 Å². The van der Waals surface area contributed by atoms with Crippen molar-refractivity contribution in [1.29, 1.82) is 0 Å². The maximum absolute atomic E-state index is 12.1. The molecule has 3 amide bonds. The van der Waals surface area contributed by atoms with Gasteiger partial charge in [-0.2, -0.15) is 0 Å². The van der Waals surface area contributed by atoms with E-state index in [9.17, 15) is 14.4 Å². The molecule has 0 saturated carbocycles. The second-order valence-corrected chi connectivity index (χ2v) is 6.67. The van der Waals surface area contributed by atoms with Crippen LogP contribution < -0.4 is 16.0 Å². The Labute approximate surface area is 132 Å². The number of nitrogens with one attached hydrogen (secondary N) is 3. The summed E-state index contributed by atoms with van der Waals surface area (Å²) in [6, 6.07) is -1.42. The van der Waals surface area contributed by atoms with Crippen LogP contribution in [-0.4, -0.2) is 42.6 Å². The van der Waals surface area contributed by atoms with E-state index in [1.165, 1.54) is 14.0 Å². The summed E-state index contributed by atoms with van der Waals surface area (Å²) in [5.74, 6) is -0.441. The number of likely N-dealkylation sites (N-methyl/N-ethyl adjacent to an activating group) is 1. The van der Waals surface area contributed by atoms with Crippen molar-refractivity contribution in [3.8, 4) is 0 Å². The van der Waals surface area contributed by atoms with Crippen molar-refractivity contribution in [2.45, 2.75) is 65.6 Å². The number of carbonyl (C=O) groups is 3. The van der Waals surface area contributed by atoms with E-state index in [0.717, 1.165) is 0 Å². The van der Waals surface area contributed by atoms with Crippen LogP contribution in [0, 0.1) is 5.92 Å². The molecule has 22 heavy (non-hydrogen) atoms. The van der Waals surface area contributed by atoms with E-state index < -0.39 is 29.7 Å². The maximum atomic E-state index is 12.1. The SMILES string of the molecule is CNC(=O)[C@H](CC(C)C)NC(=O)[C@H](C)NC(=O)OC(C)(C)C. The quantitative estimate of drug-likeness (QED) is 0.685. The highest BCUT2D eigenvalue weighted by Gasteiger charge is 2.25. The topological polar surface area (TPSA) is 96.5 Å². The van der Waals surface area contributed by atoms with Gasteiger partial charge < -0.3 is 20.7 Å². The van der Waals surface area contributed by atoms with Gasteiger partial charge in [0.15, 0.2) is 0 Å². The average molecular weight is 315 g/mol. The Balaban J connectivity index is 4.59. The maximum Gasteiger partial charge on any atom is 0.408 e. The summed E-state index contributed by atoms with van der Waals surface area (Å²) in [4.78, 5) is 35.5. The highest BCUT2D eigenvalue weighted by molar-refractivity contribution is 5.90. The van der Waals surface area contributed by atoms with Gasteiger partial charge in [0, 0.05) is 7.05 Å². The lowest BCUT2D eigenvalue weighted by atomic mass is 10.0. The molecule has 0 unspecified atom stereocenters. The van der Waals surface area contributed by atoms with Crippen LogP contribution in [0.5, 0.6) is 0 Å². The van der Waals surface area contributed by atoms with E-state index in [2.05, 4.69) is 16.0 Å². The minimum Gasteiger partial charge on any atom is -0.444 e. The predicted octanol–water partition coefficient (Wildman–Crippen LogP) is 1.18. The molecule has 0 aliphatic rings. The van der Waals surface area contributed by atoms with Crippen LogP contribution in [0.15, 0.2) is 0 Å². The summed E-state index contributed by atoms with van der Waals surface area (Å²) in [5, 5.41) is 7.61. The van der Waals surface area contributed by atoms with Gasteiger partial charge in [-0.25, -0.2) is 4.79 Å². The van der Waals surface area contributed by atoms with Crippen LogP contribution in [0.4, 0.5) is 4.79 Å². The number of alkyl carbamates (subject to hydrolysis) is 1. The number of amides is 3. The Morgan fingerprint density at radius 2 is 1.55 bits per heavy atom. The summed E-state index contributed by atoms with van der Waals surface area (Å²) in [7, 11) is 1.52. The number of ether oxygens (including phenoxy) is 1. The van der Waals surface area contributed by atoms with Crippen LogP contribution in [0.2, 0.25) is 0 Å². The molecule has 0 saturated heterocycles. The Morgan fingerprint density at radius 1 is 1.00 bits per heavy atom. The first-order chi connectivity index (χ1) is 9.96. The second-order valence-electron chi connectivity index (χ2n) is 6.67. The molecule has 0 radical (unpaired) electrons. The Morgan fingerprint density at radius 3 is 1.95 bits per heavy atom. The van der Waals surface area contributed by atoms with Gasteiger partial charge in [-0.1, -0.05) is 13.8 Å². The standard InChI is InChI=1S/C15H29N3O4/c1-9(2)8-11(13(20)16-7)18-12(19)10(3)17-14(21)22-15(4,5)6/h9-11H,8H2,1-7H3,(H,16,20)(H,17,21)(H,18,19)/t10-,11-/m0/s1. The normalized spacial score (nSPS) is 14.0. The molecular weight excluding hydrogens is 286 g/mol. The van der Waals surface area contributed by atoms with Gasteiger partial charge in [0.1, 0.15) is 17.7 Å². The van der Waals surface area contributed by atoms with E-state index in [1.54, 1.807) is 20.8 Å². The van der Waals surface area contributed by atoms with Crippen molar-refractivity contribution < 1.29 is 19.1 Å². The Bertz CT molecular complexity index is 402. The molecule has 0 spiro atoms. The first-order valence-electron chi connectivity index (χ1n) is 7.47. The van der Waals surface area contributed by atoms with E-state index in [1.807, 2.05) is 13.8 Å². The van der Waals surface area contributed by atoms with Gasteiger partial charge in [0.2, 0.25) is 11.8 Å². The van der Waals surface area contributed by atoms with E-state index in [4.69, 9.17) is 4.74 Å². The van der Waals surface area contributed by atoms with Gasteiger partial charge >= 0.3 is 6.09 Å². The zero-order valence-corrected chi connectivity index (χ0v) is 14.6. The van der Waals surface area contributed by atoms with Crippen molar-refractivity contribution in [2.24, 2.45) is 5.92 Å². The highest BCUT2D eigenvalue weighted by Crippen LogP contribution is 2.07. The average Bonchev–Trinajstić information content (AvgIpc) is 2.33. The number of carbonyl (C=O) groups excluding carboxylic acids is 3. The van der Waals surface area contributed by atoms with Crippen LogP contribution in [0.1, 0.15) is 48.0 Å². The molecule has 2 atom stereocenters.